The summed E-state index contributed by atoms with van der Waals surface area (Å²) in [6, 6.07) is 11.5. The van der Waals surface area contributed by atoms with Gasteiger partial charge in [-0.1, -0.05) is 29.4 Å². The van der Waals surface area contributed by atoms with Crippen LogP contribution in [-0.2, 0) is 14.8 Å². The molecule has 2 aromatic carbocycles. The summed E-state index contributed by atoms with van der Waals surface area (Å²) in [6.45, 7) is 0. The molecule has 0 amide bonds. The van der Waals surface area contributed by atoms with Crippen molar-refractivity contribution in [3.8, 4) is 5.75 Å². The monoisotopic (exact) mass is 526 g/mol. The number of aliphatic imine (C=N–C) groups is 1. The van der Waals surface area contributed by atoms with Crippen molar-refractivity contribution in [2.45, 2.75) is 10.6 Å². The first-order valence-corrected chi connectivity index (χ1v) is 11.4. The molecule has 0 aliphatic carbocycles. The molecule has 1 aliphatic rings. The molecule has 1 N–H and O–H groups in total. The number of halogens is 3. The predicted molar refractivity (Wildman–Crippen MR) is 119 cm³/mol. The molecule has 2 aromatic rings. The van der Waals surface area contributed by atoms with Crippen LogP contribution in [-0.4, -0.2) is 43.5 Å². The van der Waals surface area contributed by atoms with Gasteiger partial charge in [-0.2, -0.15) is 0 Å². The maximum Gasteiger partial charge on any atom is 0.262 e. The molecule has 0 radical (unpaired) electrons. The fourth-order valence-electron chi connectivity index (χ4n) is 2.61. The molecule has 1 unspecified atom stereocenters. The zero-order chi connectivity index (χ0) is 19.8. The highest BCUT2D eigenvalue weighted by molar-refractivity contribution is 8.93. The van der Waals surface area contributed by atoms with Crippen LogP contribution in [0.15, 0.2) is 52.4 Å². The quantitative estimate of drug-likeness (QED) is 0.595. The van der Waals surface area contributed by atoms with Crippen molar-refractivity contribution >= 4 is 70.9 Å². The molecule has 1 aliphatic heterocycles. The van der Waals surface area contributed by atoms with Crippen LogP contribution in [0.5, 0.6) is 5.75 Å². The van der Waals surface area contributed by atoms with Gasteiger partial charge < -0.3 is 14.7 Å². The van der Waals surface area contributed by atoms with Gasteiger partial charge in [-0.25, -0.2) is 13.4 Å². The van der Waals surface area contributed by atoms with E-state index in [0.29, 0.717) is 16.4 Å². The van der Waals surface area contributed by atoms with E-state index in [0.717, 1.165) is 5.75 Å². The number of hydrogen-bond acceptors (Lipinski definition) is 6. The predicted octanol–water partition coefficient (Wildman–Crippen LogP) is 4.37. The number of aliphatic hydroxyl groups is 1. The van der Waals surface area contributed by atoms with Crippen molar-refractivity contribution in [1.82, 2.24) is 4.90 Å². The van der Waals surface area contributed by atoms with Gasteiger partial charge in [-0.15, -0.1) is 17.0 Å². The molecule has 0 saturated carbocycles. The van der Waals surface area contributed by atoms with Crippen molar-refractivity contribution in [1.29, 1.82) is 0 Å². The van der Waals surface area contributed by atoms with E-state index in [-0.39, 0.29) is 32.7 Å². The highest BCUT2D eigenvalue weighted by Crippen LogP contribution is 2.40. The van der Waals surface area contributed by atoms with E-state index in [1.165, 1.54) is 23.9 Å². The Bertz CT molecular complexity index is 1000. The zero-order valence-electron chi connectivity index (χ0n) is 14.8. The van der Waals surface area contributed by atoms with E-state index in [4.69, 9.17) is 27.0 Å². The van der Waals surface area contributed by atoms with Gasteiger partial charge in [-0.05, 0) is 36.4 Å². The molecular weight excluding hydrogens is 511 g/mol. The van der Waals surface area contributed by atoms with Crippen molar-refractivity contribution in [3.05, 3.63) is 53.1 Å². The third-order valence-electron chi connectivity index (χ3n) is 4.20. The minimum absolute atomic E-state index is 0. The van der Waals surface area contributed by atoms with E-state index in [9.17, 15) is 13.5 Å². The van der Waals surface area contributed by atoms with Gasteiger partial charge in [0.1, 0.15) is 10.6 Å². The van der Waals surface area contributed by atoms with Crippen molar-refractivity contribution in [3.63, 3.8) is 0 Å². The number of benzene rings is 2. The molecule has 0 bridgehead atoms. The van der Waals surface area contributed by atoms with Crippen LogP contribution in [0.2, 0.25) is 5.02 Å². The SMILES string of the molecule is Br.COc1ccc(/N=C2/SCC(O)(c3ccc(Cl)c(S(=O)(=O)Cl)c3)N2C)cc1. The minimum Gasteiger partial charge on any atom is -0.497 e. The molecule has 0 spiro atoms. The second kappa shape index (κ2) is 8.81. The number of amidine groups is 1. The maximum atomic E-state index is 11.7. The van der Waals surface area contributed by atoms with Crippen molar-refractivity contribution in [2.24, 2.45) is 4.99 Å². The number of methoxy groups -OCH3 is 1. The van der Waals surface area contributed by atoms with Gasteiger partial charge in [0.15, 0.2) is 10.9 Å². The van der Waals surface area contributed by atoms with Crippen LogP contribution in [0.25, 0.3) is 0 Å². The Morgan fingerprint density at radius 1 is 1.25 bits per heavy atom. The summed E-state index contributed by atoms with van der Waals surface area (Å²) in [6.07, 6.45) is 0. The third-order valence-corrected chi connectivity index (χ3v) is 7.17. The minimum atomic E-state index is -4.04. The Balaban J connectivity index is 0.00000280. The smallest absolute Gasteiger partial charge is 0.262 e. The molecular formula is C17H17BrCl2N2O4S2. The lowest BCUT2D eigenvalue weighted by Crippen LogP contribution is -2.42. The van der Waals surface area contributed by atoms with Gasteiger partial charge in [-0.3, -0.25) is 0 Å². The van der Waals surface area contributed by atoms with Gasteiger partial charge in [0, 0.05) is 23.3 Å². The Morgan fingerprint density at radius 2 is 1.89 bits per heavy atom. The van der Waals surface area contributed by atoms with E-state index in [2.05, 4.69) is 4.99 Å². The van der Waals surface area contributed by atoms with E-state index >= 15 is 0 Å². The number of rotatable bonds is 4. The summed E-state index contributed by atoms with van der Waals surface area (Å²) >= 11 is 7.29. The van der Waals surface area contributed by atoms with Crippen LogP contribution in [0, 0.1) is 0 Å². The van der Waals surface area contributed by atoms with Crippen LogP contribution < -0.4 is 4.74 Å². The highest BCUT2D eigenvalue weighted by atomic mass is 79.9. The van der Waals surface area contributed by atoms with Crippen LogP contribution in [0.4, 0.5) is 5.69 Å². The lowest BCUT2D eigenvalue weighted by atomic mass is 10.0. The first-order chi connectivity index (χ1) is 12.6. The second-order valence-corrected chi connectivity index (χ2v) is 9.72. The molecule has 1 fully saturated rings. The summed E-state index contributed by atoms with van der Waals surface area (Å²) in [5, 5.41) is 11.8. The van der Waals surface area contributed by atoms with Crippen LogP contribution in [0.3, 0.4) is 0 Å². The Morgan fingerprint density at radius 3 is 2.46 bits per heavy atom. The highest BCUT2D eigenvalue weighted by Gasteiger charge is 2.43. The normalized spacial score (nSPS) is 20.9. The summed E-state index contributed by atoms with van der Waals surface area (Å²) < 4.78 is 28.5. The largest absolute Gasteiger partial charge is 0.497 e. The zero-order valence-corrected chi connectivity index (χ0v) is 19.7. The average Bonchev–Trinajstić information content (AvgIpc) is 2.91. The molecule has 28 heavy (non-hydrogen) atoms. The average molecular weight is 528 g/mol. The molecule has 11 heteroatoms. The van der Waals surface area contributed by atoms with E-state index < -0.39 is 14.8 Å². The number of ether oxygens (including phenoxy) is 1. The number of thioether (sulfide) groups is 1. The van der Waals surface area contributed by atoms with Gasteiger partial charge >= 0.3 is 0 Å². The van der Waals surface area contributed by atoms with E-state index in [1.54, 1.807) is 49.4 Å². The first kappa shape index (κ1) is 23.3. The fourth-order valence-corrected chi connectivity index (χ4v) is 5.31. The molecule has 1 heterocycles. The van der Waals surface area contributed by atoms with Crippen LogP contribution in [0.1, 0.15) is 5.56 Å². The van der Waals surface area contributed by atoms with Gasteiger partial charge in [0.05, 0.1) is 23.6 Å². The molecule has 1 atom stereocenters. The summed E-state index contributed by atoms with van der Waals surface area (Å²) in [4.78, 5) is 5.90. The first-order valence-electron chi connectivity index (χ1n) is 7.71. The van der Waals surface area contributed by atoms with Crippen LogP contribution >= 0.6 is 51.0 Å². The summed E-state index contributed by atoms with van der Waals surface area (Å²) in [5.74, 6) is 0.987. The maximum absolute atomic E-state index is 11.7. The topological polar surface area (TPSA) is 79.2 Å². The third kappa shape index (κ3) is 4.60. The van der Waals surface area contributed by atoms with Gasteiger partial charge in [0.25, 0.3) is 9.05 Å². The molecule has 0 aromatic heterocycles. The van der Waals surface area contributed by atoms with Crippen molar-refractivity contribution < 1.29 is 18.3 Å². The number of nitrogens with zero attached hydrogens (tertiary/aromatic N) is 2. The second-order valence-electron chi connectivity index (χ2n) is 5.84. The van der Waals surface area contributed by atoms with Gasteiger partial charge in [0.2, 0.25) is 0 Å². The van der Waals surface area contributed by atoms with E-state index in [1.807, 2.05) is 0 Å². The standard InChI is InChI=1S/C17H16Cl2N2O4S2.BrH/c1-21-16(20-12-4-6-13(25-2)7-5-12)26-10-17(21,22)11-3-8-14(18)15(9-11)27(19,23)24;/h3-9,22H,10H2,1-2H3;1H/b20-16+;. The Labute approximate surface area is 187 Å². The molecule has 6 nitrogen and oxygen atoms in total. The van der Waals surface area contributed by atoms with Crippen molar-refractivity contribution in [2.75, 3.05) is 19.9 Å². The molecule has 3 rings (SSSR count). The summed E-state index contributed by atoms with van der Waals surface area (Å²) in [7, 11) is 4.67. The Kier molecular flexibility index (Phi) is 7.33. The molecule has 1 saturated heterocycles. The molecule has 152 valence electrons. The number of hydrogen-bond donors (Lipinski definition) is 1. The summed E-state index contributed by atoms with van der Waals surface area (Å²) in [5.41, 5.74) is -0.382. The lowest BCUT2D eigenvalue weighted by Gasteiger charge is -2.31. The fraction of sp³-hybridized carbons (Fsp3) is 0.235. The lowest BCUT2D eigenvalue weighted by molar-refractivity contribution is -0.0349. The Hall–Kier alpha value is -0.970.